The van der Waals surface area contributed by atoms with Gasteiger partial charge < -0.3 is 30.2 Å². The summed E-state index contributed by atoms with van der Waals surface area (Å²) in [6, 6.07) is 16.5. The Morgan fingerprint density at radius 3 is 2.24 bits per heavy atom. The molecule has 1 aliphatic rings. The molecule has 0 radical (unpaired) electrons. The van der Waals surface area contributed by atoms with Crippen molar-refractivity contribution in [1.29, 1.82) is 0 Å². The van der Waals surface area contributed by atoms with E-state index >= 15 is 0 Å². The van der Waals surface area contributed by atoms with Crippen LogP contribution in [0.25, 0.3) is 0 Å². The Bertz CT molecular complexity index is 1130. The summed E-state index contributed by atoms with van der Waals surface area (Å²) in [4.78, 5) is 17.5. The van der Waals surface area contributed by atoms with Crippen molar-refractivity contribution in [1.82, 2.24) is 4.90 Å². The van der Waals surface area contributed by atoms with Crippen molar-refractivity contribution < 1.29 is 25.2 Å². The standard InChI is InChI=1S/C17H19ClN2S.C7H6O5/c1-19(2)10-5-11-20-14-6-3-4-7-16(14)21-17-9-8-13(18)12-15(17)20;8-4-1-3(7(11)12)2-5(9)6(4)10/h3-4,6-9,12H,5,10-11H2,1-2H3;1-2,8-10H,(H,11,12). The molecule has 0 atom stereocenters. The van der Waals surface area contributed by atoms with Crippen LogP contribution in [0.5, 0.6) is 17.2 Å². The van der Waals surface area contributed by atoms with Gasteiger partial charge in [-0.05, 0) is 69.5 Å². The van der Waals surface area contributed by atoms with Gasteiger partial charge in [-0.25, -0.2) is 4.79 Å². The van der Waals surface area contributed by atoms with Crippen molar-refractivity contribution in [2.75, 3.05) is 32.1 Å². The fourth-order valence-corrected chi connectivity index (χ4v) is 4.56. The summed E-state index contributed by atoms with van der Waals surface area (Å²) in [7, 11) is 4.23. The van der Waals surface area contributed by atoms with Crippen LogP contribution in [-0.2, 0) is 0 Å². The summed E-state index contributed by atoms with van der Waals surface area (Å²) in [6.07, 6.45) is 1.12. The van der Waals surface area contributed by atoms with Crippen molar-refractivity contribution in [3.05, 3.63) is 65.2 Å². The molecule has 3 aromatic rings. The minimum atomic E-state index is -1.29. The largest absolute Gasteiger partial charge is 0.504 e. The molecule has 3 aromatic carbocycles. The van der Waals surface area contributed by atoms with Gasteiger partial charge in [0.2, 0.25) is 0 Å². The van der Waals surface area contributed by atoms with Crippen molar-refractivity contribution >= 4 is 40.7 Å². The lowest BCUT2D eigenvalue weighted by atomic mass is 10.2. The molecular formula is C24H25ClN2O5S. The number of rotatable bonds is 5. The fraction of sp³-hybridized carbons (Fsp3) is 0.208. The highest BCUT2D eigenvalue weighted by atomic mass is 35.5. The van der Waals surface area contributed by atoms with E-state index in [0.717, 1.165) is 36.7 Å². The maximum Gasteiger partial charge on any atom is 0.335 e. The van der Waals surface area contributed by atoms with Gasteiger partial charge in [0.1, 0.15) is 0 Å². The Labute approximate surface area is 201 Å². The van der Waals surface area contributed by atoms with Crippen LogP contribution in [0.4, 0.5) is 11.4 Å². The Balaban J connectivity index is 0.000000218. The van der Waals surface area contributed by atoms with E-state index < -0.39 is 23.2 Å². The smallest absolute Gasteiger partial charge is 0.335 e. The predicted octanol–water partition coefficient (Wildman–Crippen LogP) is 5.40. The molecule has 4 rings (SSSR count). The normalized spacial score (nSPS) is 11.9. The van der Waals surface area contributed by atoms with Gasteiger partial charge in [0.25, 0.3) is 0 Å². The van der Waals surface area contributed by atoms with Gasteiger partial charge in [-0.2, -0.15) is 0 Å². The van der Waals surface area contributed by atoms with Crippen molar-refractivity contribution in [2.45, 2.75) is 16.2 Å². The second-order valence-corrected chi connectivity index (χ2v) is 9.18. The Hall–Kier alpha value is -3.07. The number of aromatic carboxylic acids is 1. The zero-order chi connectivity index (χ0) is 24.1. The molecule has 0 fully saturated rings. The lowest BCUT2D eigenvalue weighted by molar-refractivity contribution is 0.0696. The number of phenols is 3. The van der Waals surface area contributed by atoms with E-state index in [9.17, 15) is 4.79 Å². The maximum absolute atomic E-state index is 10.3. The van der Waals surface area contributed by atoms with E-state index in [2.05, 4.69) is 60.3 Å². The molecule has 0 aromatic heterocycles. The van der Waals surface area contributed by atoms with Crippen LogP contribution in [-0.4, -0.2) is 58.5 Å². The molecule has 4 N–H and O–H groups in total. The third-order valence-electron chi connectivity index (χ3n) is 4.89. The highest BCUT2D eigenvalue weighted by Crippen LogP contribution is 2.48. The lowest BCUT2D eigenvalue weighted by Crippen LogP contribution is -2.25. The number of nitrogens with zero attached hydrogens (tertiary/aromatic N) is 2. The fourth-order valence-electron chi connectivity index (χ4n) is 3.32. The third-order valence-corrected chi connectivity index (χ3v) is 6.26. The topological polar surface area (TPSA) is 104 Å². The van der Waals surface area contributed by atoms with Gasteiger partial charge in [0.15, 0.2) is 17.2 Å². The molecule has 0 bridgehead atoms. The van der Waals surface area contributed by atoms with Crippen LogP contribution in [0.1, 0.15) is 16.8 Å². The Morgan fingerprint density at radius 1 is 0.970 bits per heavy atom. The summed E-state index contributed by atoms with van der Waals surface area (Å²) in [5.41, 5.74) is 2.23. The van der Waals surface area contributed by atoms with Crippen molar-refractivity contribution in [3.8, 4) is 17.2 Å². The molecule has 0 spiro atoms. The summed E-state index contributed by atoms with van der Waals surface area (Å²) >= 11 is 8.03. The summed E-state index contributed by atoms with van der Waals surface area (Å²) in [5, 5.41) is 35.8. The first-order valence-electron chi connectivity index (χ1n) is 10.1. The summed E-state index contributed by atoms with van der Waals surface area (Å²) < 4.78 is 0. The molecule has 1 aliphatic heterocycles. The number of hydrogen-bond acceptors (Lipinski definition) is 7. The molecular weight excluding hydrogens is 464 g/mol. The number of benzene rings is 3. The number of carbonyl (C=O) groups is 1. The number of carboxylic acids is 1. The maximum atomic E-state index is 10.3. The average molecular weight is 489 g/mol. The Kier molecular flexibility index (Phi) is 7.97. The van der Waals surface area contributed by atoms with Gasteiger partial charge in [-0.1, -0.05) is 35.5 Å². The number of aromatic hydroxyl groups is 3. The first-order chi connectivity index (χ1) is 15.7. The molecule has 0 amide bonds. The number of carboxylic acid groups (broad SMARTS) is 1. The number of halogens is 1. The minimum Gasteiger partial charge on any atom is -0.504 e. The SMILES string of the molecule is CN(C)CCCN1c2ccccc2Sc2ccc(Cl)cc21.O=C(O)c1cc(O)c(O)c(O)c1. The van der Waals surface area contributed by atoms with E-state index in [-0.39, 0.29) is 5.56 Å². The highest BCUT2D eigenvalue weighted by molar-refractivity contribution is 7.99. The van der Waals surface area contributed by atoms with Gasteiger partial charge in [0, 0.05) is 21.4 Å². The van der Waals surface area contributed by atoms with Crippen LogP contribution >= 0.6 is 23.4 Å². The van der Waals surface area contributed by atoms with E-state index in [4.69, 9.17) is 32.0 Å². The molecule has 33 heavy (non-hydrogen) atoms. The molecule has 174 valence electrons. The molecule has 0 saturated carbocycles. The van der Waals surface area contributed by atoms with Crippen LogP contribution in [0.3, 0.4) is 0 Å². The first-order valence-corrected chi connectivity index (χ1v) is 11.3. The Morgan fingerprint density at radius 2 is 1.61 bits per heavy atom. The number of anilines is 2. The van der Waals surface area contributed by atoms with Gasteiger partial charge in [0.05, 0.1) is 16.9 Å². The zero-order valence-corrected chi connectivity index (χ0v) is 19.8. The zero-order valence-electron chi connectivity index (χ0n) is 18.2. The highest BCUT2D eigenvalue weighted by Gasteiger charge is 2.23. The monoisotopic (exact) mass is 488 g/mol. The average Bonchev–Trinajstić information content (AvgIpc) is 2.77. The summed E-state index contributed by atoms with van der Waals surface area (Å²) in [6.45, 7) is 2.09. The van der Waals surface area contributed by atoms with E-state index in [1.807, 2.05) is 17.8 Å². The molecule has 0 unspecified atom stereocenters. The van der Waals surface area contributed by atoms with E-state index in [0.29, 0.717) is 0 Å². The van der Waals surface area contributed by atoms with Gasteiger partial charge in [-0.3, -0.25) is 0 Å². The molecule has 9 heteroatoms. The number of phenolic OH excluding ortho intramolecular Hbond substituents is 3. The van der Waals surface area contributed by atoms with Crippen LogP contribution in [0.15, 0.2) is 64.4 Å². The quantitative estimate of drug-likeness (QED) is 0.354. The van der Waals surface area contributed by atoms with E-state index in [1.54, 1.807) is 0 Å². The van der Waals surface area contributed by atoms with Gasteiger partial charge in [-0.15, -0.1) is 0 Å². The van der Waals surface area contributed by atoms with Crippen LogP contribution in [0, 0.1) is 0 Å². The molecule has 7 nitrogen and oxygen atoms in total. The molecule has 0 saturated heterocycles. The number of hydrogen-bond donors (Lipinski definition) is 4. The minimum absolute atomic E-state index is 0.289. The third kappa shape index (κ3) is 6.04. The number of fused-ring (bicyclic) bond motifs is 2. The lowest BCUT2D eigenvalue weighted by Gasteiger charge is -2.33. The number of para-hydroxylation sites is 1. The first kappa shape index (κ1) is 24.6. The molecule has 0 aliphatic carbocycles. The van der Waals surface area contributed by atoms with Crippen molar-refractivity contribution in [2.24, 2.45) is 0 Å². The van der Waals surface area contributed by atoms with E-state index in [1.165, 1.54) is 21.2 Å². The van der Waals surface area contributed by atoms with Crippen LogP contribution < -0.4 is 4.90 Å². The molecule has 1 heterocycles. The summed E-state index contributed by atoms with van der Waals surface area (Å²) in [5.74, 6) is -3.33. The predicted molar refractivity (Wildman–Crippen MR) is 131 cm³/mol. The second-order valence-electron chi connectivity index (χ2n) is 7.66. The van der Waals surface area contributed by atoms with Crippen LogP contribution in [0.2, 0.25) is 5.02 Å². The van der Waals surface area contributed by atoms with Gasteiger partial charge >= 0.3 is 5.97 Å². The van der Waals surface area contributed by atoms with Crippen molar-refractivity contribution in [3.63, 3.8) is 0 Å². The second kappa shape index (κ2) is 10.7.